The number of rotatable bonds is 6. The lowest BCUT2D eigenvalue weighted by molar-refractivity contribution is 0.114. The molecule has 1 aromatic carbocycles. The Labute approximate surface area is 166 Å². The third-order valence-corrected chi connectivity index (χ3v) is 7.43. The van der Waals surface area contributed by atoms with Crippen molar-refractivity contribution in [3.63, 3.8) is 0 Å². The van der Waals surface area contributed by atoms with Crippen molar-refractivity contribution in [3.05, 3.63) is 64.9 Å². The topological polar surface area (TPSA) is 56.8 Å². The van der Waals surface area contributed by atoms with Crippen LogP contribution in [0, 0.1) is 0 Å². The molecule has 2 aromatic rings. The van der Waals surface area contributed by atoms with Crippen molar-refractivity contribution < 1.29 is 8.42 Å². The number of pyridine rings is 1. The van der Waals surface area contributed by atoms with Crippen LogP contribution in [0.25, 0.3) is 0 Å². The quantitative estimate of drug-likeness (QED) is 0.735. The van der Waals surface area contributed by atoms with Crippen molar-refractivity contribution in [1.82, 2.24) is 18.7 Å². The minimum Gasteiger partial charge on any atom is -0.265 e. The van der Waals surface area contributed by atoms with Gasteiger partial charge in [-0.15, -0.1) is 4.41 Å². The molecule has 2 unspecified atom stereocenters. The van der Waals surface area contributed by atoms with Gasteiger partial charge in [-0.25, -0.2) is 5.01 Å². The van der Waals surface area contributed by atoms with Gasteiger partial charge in [0.1, 0.15) is 0 Å². The number of aromatic nitrogens is 1. The van der Waals surface area contributed by atoms with Gasteiger partial charge in [-0.05, 0) is 35.4 Å². The fraction of sp³-hybridized carbons (Fsp3) is 0.421. The molecule has 1 aliphatic heterocycles. The van der Waals surface area contributed by atoms with Crippen LogP contribution in [-0.4, -0.2) is 53.8 Å². The highest BCUT2D eigenvalue weighted by Crippen LogP contribution is 2.44. The molecule has 8 heteroatoms. The van der Waals surface area contributed by atoms with Crippen molar-refractivity contribution in [3.8, 4) is 0 Å². The molecule has 3 rings (SSSR count). The fourth-order valence-electron chi connectivity index (χ4n) is 3.74. The normalized spacial score (nSPS) is 21.8. The molecule has 0 saturated carbocycles. The minimum absolute atomic E-state index is 0.00971. The molecule has 2 atom stereocenters. The monoisotopic (exact) mass is 408 g/mol. The summed E-state index contributed by atoms with van der Waals surface area (Å²) in [6, 6.07) is 11.0. The van der Waals surface area contributed by atoms with Gasteiger partial charge >= 0.3 is 0 Å². The summed E-state index contributed by atoms with van der Waals surface area (Å²) in [5.74, 6) is -0.00971. The first-order valence-electron chi connectivity index (χ1n) is 9.06. The van der Waals surface area contributed by atoms with Crippen molar-refractivity contribution in [2.45, 2.75) is 25.8 Å². The van der Waals surface area contributed by atoms with E-state index < -0.39 is 10.2 Å². The Kier molecular flexibility index (Phi) is 6.18. The maximum absolute atomic E-state index is 13.4. The fourth-order valence-corrected chi connectivity index (χ4v) is 5.73. The molecule has 0 radical (unpaired) electrons. The summed E-state index contributed by atoms with van der Waals surface area (Å²) in [6.45, 7) is 5.16. The van der Waals surface area contributed by atoms with Crippen LogP contribution in [0.5, 0.6) is 0 Å². The summed E-state index contributed by atoms with van der Waals surface area (Å²) in [4.78, 5) is 4.10. The number of hydrogen-bond acceptors (Lipinski definition) is 4. The van der Waals surface area contributed by atoms with E-state index in [0.717, 1.165) is 11.1 Å². The molecule has 1 aliphatic rings. The van der Waals surface area contributed by atoms with Crippen LogP contribution in [0.15, 0.2) is 48.8 Å². The highest BCUT2D eigenvalue weighted by atomic mass is 35.5. The van der Waals surface area contributed by atoms with E-state index in [2.05, 4.69) is 4.98 Å². The van der Waals surface area contributed by atoms with Crippen LogP contribution in [0.2, 0.25) is 5.02 Å². The van der Waals surface area contributed by atoms with Gasteiger partial charge in [-0.3, -0.25) is 4.98 Å². The Morgan fingerprint density at radius 1 is 1.07 bits per heavy atom. The van der Waals surface area contributed by atoms with Crippen LogP contribution in [0.1, 0.15) is 36.9 Å². The summed E-state index contributed by atoms with van der Waals surface area (Å²) in [5, 5.41) is 2.43. The molecule has 27 heavy (non-hydrogen) atoms. The van der Waals surface area contributed by atoms with E-state index in [1.165, 1.54) is 8.72 Å². The molecule has 6 nitrogen and oxygen atoms in total. The molecule has 146 valence electrons. The van der Waals surface area contributed by atoms with E-state index in [1.54, 1.807) is 29.5 Å². The average Bonchev–Trinajstić information content (AvgIpc) is 3.02. The molecule has 0 bridgehead atoms. The molecule has 1 saturated heterocycles. The van der Waals surface area contributed by atoms with Crippen LogP contribution in [-0.2, 0) is 10.2 Å². The van der Waals surface area contributed by atoms with Crippen LogP contribution >= 0.6 is 11.6 Å². The second-order valence-corrected chi connectivity index (χ2v) is 8.81. The Morgan fingerprint density at radius 2 is 1.67 bits per heavy atom. The number of hydrazine groups is 1. The largest absolute Gasteiger partial charge is 0.295 e. The number of hydrogen-bond donors (Lipinski definition) is 0. The van der Waals surface area contributed by atoms with Gasteiger partial charge in [0, 0.05) is 50.0 Å². The predicted molar refractivity (Wildman–Crippen MR) is 107 cm³/mol. The van der Waals surface area contributed by atoms with E-state index in [-0.39, 0.29) is 12.0 Å². The maximum atomic E-state index is 13.4. The van der Waals surface area contributed by atoms with E-state index >= 15 is 0 Å². The van der Waals surface area contributed by atoms with Crippen LogP contribution < -0.4 is 0 Å². The summed E-state index contributed by atoms with van der Waals surface area (Å²) in [7, 11) is -1.83. The number of benzene rings is 1. The van der Waals surface area contributed by atoms with Gasteiger partial charge < -0.3 is 0 Å². The maximum Gasteiger partial charge on any atom is 0.295 e. The summed E-state index contributed by atoms with van der Waals surface area (Å²) in [6.07, 6.45) is 3.49. The van der Waals surface area contributed by atoms with Gasteiger partial charge in [0.2, 0.25) is 0 Å². The second kappa shape index (κ2) is 8.24. The summed E-state index contributed by atoms with van der Waals surface area (Å²) < 4.78 is 29.8. The van der Waals surface area contributed by atoms with Gasteiger partial charge in [-0.2, -0.15) is 12.7 Å². The number of halogens is 1. The van der Waals surface area contributed by atoms with Crippen molar-refractivity contribution in [1.29, 1.82) is 0 Å². The SMILES string of the molecule is CCN(CC)S(=O)(=O)N1C(c2ccc(Cl)cc2)C(c2ccncc2)CN1C. The highest BCUT2D eigenvalue weighted by Gasteiger charge is 2.47. The lowest BCUT2D eigenvalue weighted by Gasteiger charge is -2.34. The first-order chi connectivity index (χ1) is 12.9. The molecular formula is C19H25ClN4O2S. The average molecular weight is 409 g/mol. The van der Waals surface area contributed by atoms with Crippen molar-refractivity contribution in [2.75, 3.05) is 26.7 Å². The van der Waals surface area contributed by atoms with Crippen LogP contribution in [0.3, 0.4) is 0 Å². The smallest absolute Gasteiger partial charge is 0.265 e. The lowest BCUT2D eigenvalue weighted by Crippen LogP contribution is -2.48. The molecule has 1 fully saturated rings. The zero-order chi connectivity index (χ0) is 19.6. The number of nitrogens with zero attached hydrogens (tertiary/aromatic N) is 4. The molecule has 1 aromatic heterocycles. The third-order valence-electron chi connectivity index (χ3n) is 5.03. The third kappa shape index (κ3) is 3.88. The van der Waals surface area contributed by atoms with Crippen molar-refractivity contribution >= 4 is 21.8 Å². The Hall–Kier alpha value is -1.51. The first-order valence-corrected chi connectivity index (χ1v) is 10.8. The summed E-state index contributed by atoms with van der Waals surface area (Å²) in [5.41, 5.74) is 1.98. The van der Waals surface area contributed by atoms with Crippen molar-refractivity contribution in [2.24, 2.45) is 0 Å². The molecular weight excluding hydrogens is 384 g/mol. The molecule has 2 heterocycles. The van der Waals surface area contributed by atoms with E-state index in [4.69, 9.17) is 11.6 Å². The van der Waals surface area contributed by atoms with Gasteiger partial charge in [-0.1, -0.05) is 37.6 Å². The summed E-state index contributed by atoms with van der Waals surface area (Å²) >= 11 is 6.06. The van der Waals surface area contributed by atoms with Gasteiger partial charge in [0.05, 0.1) is 6.04 Å². The zero-order valence-corrected chi connectivity index (χ0v) is 17.4. The molecule has 0 N–H and O–H groups in total. The highest BCUT2D eigenvalue weighted by molar-refractivity contribution is 7.86. The second-order valence-electron chi connectivity index (χ2n) is 6.59. The Bertz CT molecular complexity index is 857. The van der Waals surface area contributed by atoms with Gasteiger partial charge in [0.15, 0.2) is 0 Å². The van der Waals surface area contributed by atoms with Crippen LogP contribution in [0.4, 0.5) is 0 Å². The van der Waals surface area contributed by atoms with E-state index in [1.807, 2.05) is 45.2 Å². The standard InChI is InChI=1S/C19H25ClN4O2S/c1-4-23(5-2)27(25,26)24-19(16-6-8-17(20)9-7-16)18(14-22(24)3)15-10-12-21-13-11-15/h6-13,18-19H,4-5,14H2,1-3H3. The lowest BCUT2D eigenvalue weighted by atomic mass is 9.89. The Morgan fingerprint density at radius 3 is 2.22 bits per heavy atom. The Balaban J connectivity index is 2.12. The first kappa shape index (κ1) is 20.2. The van der Waals surface area contributed by atoms with Gasteiger partial charge in [0.25, 0.3) is 10.2 Å². The molecule has 0 amide bonds. The predicted octanol–water partition coefficient (Wildman–Crippen LogP) is 3.31. The van der Waals surface area contributed by atoms with E-state index in [0.29, 0.717) is 24.7 Å². The van der Waals surface area contributed by atoms with E-state index in [9.17, 15) is 8.42 Å². The molecule has 0 aliphatic carbocycles. The zero-order valence-electron chi connectivity index (χ0n) is 15.8. The molecule has 0 spiro atoms. The minimum atomic E-state index is -3.65. The number of likely N-dealkylation sites (N-methyl/N-ethyl adjacent to an activating group) is 1.